The second-order valence-corrected chi connectivity index (χ2v) is 5.32. The van der Waals surface area contributed by atoms with Crippen LogP contribution in [0.1, 0.15) is 0 Å². The third-order valence-electron chi connectivity index (χ3n) is 3.62. The summed E-state index contributed by atoms with van der Waals surface area (Å²) < 4.78 is 9.98. The normalized spacial score (nSPS) is 35.9. The van der Waals surface area contributed by atoms with Gasteiger partial charge in [-0.15, -0.1) is 0 Å². The van der Waals surface area contributed by atoms with Crippen molar-refractivity contribution in [3.05, 3.63) is 0 Å². The van der Waals surface area contributed by atoms with Gasteiger partial charge in [0, 0.05) is 0 Å². The first-order valence-corrected chi connectivity index (χ1v) is 6.99. The van der Waals surface area contributed by atoms with Crippen LogP contribution in [0.15, 0.2) is 0 Å². The zero-order valence-electron chi connectivity index (χ0n) is 12.4. The number of aliphatic carboxylic acids is 1. The molecule has 1 saturated heterocycles. The third kappa shape index (κ3) is 4.58. The van der Waals surface area contributed by atoms with E-state index >= 15 is 0 Å². The van der Waals surface area contributed by atoms with Crippen molar-refractivity contribution in [2.45, 2.75) is 55.1 Å². The molecule has 1 rings (SSSR count). The summed E-state index contributed by atoms with van der Waals surface area (Å²) in [7, 11) is 0. The average molecular weight is 358 g/mol. The van der Waals surface area contributed by atoms with E-state index in [-0.39, 0.29) is 0 Å². The Bertz CT molecular complexity index is 403. The number of carboxylic acids is 1. The van der Waals surface area contributed by atoms with Gasteiger partial charge < -0.3 is 55.4 Å². The van der Waals surface area contributed by atoms with Crippen molar-refractivity contribution in [1.82, 2.24) is 0 Å². The summed E-state index contributed by atoms with van der Waals surface area (Å²) in [6, 6.07) is 0. The van der Waals surface area contributed by atoms with Crippen molar-refractivity contribution in [3.8, 4) is 0 Å². The van der Waals surface area contributed by atoms with Gasteiger partial charge in [0.25, 0.3) is 0 Å². The molecule has 9 N–H and O–H groups in total. The van der Waals surface area contributed by atoms with E-state index in [4.69, 9.17) is 24.8 Å². The first kappa shape index (κ1) is 21.1. The lowest BCUT2D eigenvalue weighted by Gasteiger charge is -2.42. The van der Waals surface area contributed by atoms with Crippen LogP contribution in [0.5, 0.6) is 0 Å². The van der Waals surface area contributed by atoms with E-state index in [2.05, 4.69) is 0 Å². The zero-order chi connectivity index (χ0) is 18.6. The highest BCUT2D eigenvalue weighted by Gasteiger charge is 2.47. The standard InChI is InChI=1S/C12H22O12/c13-1-3(15)10(7(18)8(19)11(21)22)24-12-9(20)6(17)5(16)4(2-14)23-12/h3-10,12-20H,1-2H2,(H,21,22)/t3-,4?,5+,6+,7-,8-,9?,10-,12+/m1/s1. The van der Waals surface area contributed by atoms with Crippen LogP contribution in [0.25, 0.3) is 0 Å². The van der Waals surface area contributed by atoms with E-state index in [0.29, 0.717) is 0 Å². The van der Waals surface area contributed by atoms with Gasteiger partial charge in [0.1, 0.15) is 42.7 Å². The zero-order valence-corrected chi connectivity index (χ0v) is 12.4. The van der Waals surface area contributed by atoms with Crippen molar-refractivity contribution in [3.63, 3.8) is 0 Å². The highest BCUT2D eigenvalue weighted by Crippen LogP contribution is 2.24. The van der Waals surface area contributed by atoms with Crippen LogP contribution in [-0.2, 0) is 14.3 Å². The van der Waals surface area contributed by atoms with Crippen LogP contribution in [0.3, 0.4) is 0 Å². The van der Waals surface area contributed by atoms with E-state index in [1.165, 1.54) is 0 Å². The van der Waals surface area contributed by atoms with Crippen LogP contribution in [0, 0.1) is 0 Å². The molecule has 24 heavy (non-hydrogen) atoms. The SMILES string of the molecule is O=C(O)[C@H](O)[C@@H](O)[C@H](O[C@@H]1OC(CO)[C@H](O)[C@H](O)C1O)[C@H](O)CO. The fourth-order valence-corrected chi connectivity index (χ4v) is 2.16. The van der Waals surface area contributed by atoms with Crippen LogP contribution in [0.2, 0.25) is 0 Å². The molecule has 1 fully saturated rings. The van der Waals surface area contributed by atoms with Crippen LogP contribution in [0.4, 0.5) is 0 Å². The number of carboxylic acid groups (broad SMARTS) is 1. The van der Waals surface area contributed by atoms with Crippen molar-refractivity contribution in [1.29, 1.82) is 0 Å². The van der Waals surface area contributed by atoms with Gasteiger partial charge in [-0.25, -0.2) is 4.79 Å². The molecule has 142 valence electrons. The summed E-state index contributed by atoms with van der Waals surface area (Å²) in [6.45, 7) is -1.76. The molecule has 0 aromatic carbocycles. The molecule has 0 aromatic heterocycles. The summed E-state index contributed by atoms with van der Waals surface area (Å²) in [5, 5.41) is 84.5. The Balaban J connectivity index is 2.94. The monoisotopic (exact) mass is 358 g/mol. The van der Waals surface area contributed by atoms with E-state index in [1.54, 1.807) is 0 Å². The third-order valence-corrected chi connectivity index (χ3v) is 3.62. The maximum Gasteiger partial charge on any atom is 0.335 e. The molecule has 0 amide bonds. The molecule has 0 radical (unpaired) electrons. The summed E-state index contributed by atoms with van der Waals surface area (Å²) in [5.74, 6) is -1.84. The van der Waals surface area contributed by atoms with Gasteiger partial charge in [0.05, 0.1) is 13.2 Å². The van der Waals surface area contributed by atoms with E-state index < -0.39 is 74.3 Å². The van der Waals surface area contributed by atoms with Crippen molar-refractivity contribution in [2.75, 3.05) is 13.2 Å². The van der Waals surface area contributed by atoms with Gasteiger partial charge in [0.15, 0.2) is 12.4 Å². The number of aliphatic hydroxyl groups excluding tert-OH is 8. The maximum absolute atomic E-state index is 10.7. The first-order valence-electron chi connectivity index (χ1n) is 6.99. The minimum atomic E-state index is -2.39. The quantitative estimate of drug-likeness (QED) is 0.198. The number of carbonyl (C=O) groups is 1. The lowest BCUT2D eigenvalue weighted by Crippen LogP contribution is -2.61. The van der Waals surface area contributed by atoms with Gasteiger partial charge >= 0.3 is 5.97 Å². The second-order valence-electron chi connectivity index (χ2n) is 5.32. The van der Waals surface area contributed by atoms with Gasteiger partial charge in [-0.3, -0.25) is 0 Å². The molecule has 0 bridgehead atoms. The van der Waals surface area contributed by atoms with Crippen molar-refractivity contribution in [2.24, 2.45) is 0 Å². The summed E-state index contributed by atoms with van der Waals surface area (Å²) in [5.41, 5.74) is 0. The lowest BCUT2D eigenvalue weighted by atomic mass is 9.98. The number of hydrogen-bond donors (Lipinski definition) is 9. The molecule has 0 saturated carbocycles. The number of hydrogen-bond acceptors (Lipinski definition) is 11. The first-order chi connectivity index (χ1) is 11.1. The van der Waals surface area contributed by atoms with E-state index in [0.717, 1.165) is 0 Å². The Kier molecular flexibility index (Phi) is 7.88. The molecule has 1 aliphatic rings. The highest BCUT2D eigenvalue weighted by molar-refractivity contribution is 5.72. The molecule has 12 heteroatoms. The smallest absolute Gasteiger partial charge is 0.335 e. The lowest BCUT2D eigenvalue weighted by molar-refractivity contribution is -0.326. The molecule has 0 spiro atoms. The summed E-state index contributed by atoms with van der Waals surface area (Å²) in [4.78, 5) is 10.7. The second kappa shape index (κ2) is 8.96. The fourth-order valence-electron chi connectivity index (χ4n) is 2.16. The minimum Gasteiger partial charge on any atom is -0.479 e. The Labute approximate surface area is 135 Å². The van der Waals surface area contributed by atoms with E-state index in [1.807, 2.05) is 0 Å². The van der Waals surface area contributed by atoms with Crippen molar-refractivity contribution < 1.29 is 60.2 Å². The molecule has 0 aromatic rings. The fraction of sp³-hybridized carbons (Fsp3) is 0.917. The number of aliphatic hydroxyl groups is 8. The van der Waals surface area contributed by atoms with E-state index in [9.17, 15) is 35.4 Å². The predicted octanol–water partition coefficient (Wildman–Crippen LogP) is -5.67. The number of rotatable bonds is 8. The van der Waals surface area contributed by atoms with Gasteiger partial charge in [-0.2, -0.15) is 0 Å². The Hall–Kier alpha value is -0.930. The Morgan fingerprint density at radius 2 is 1.62 bits per heavy atom. The highest BCUT2D eigenvalue weighted by atomic mass is 16.7. The van der Waals surface area contributed by atoms with Crippen molar-refractivity contribution >= 4 is 5.97 Å². The summed E-state index contributed by atoms with van der Waals surface area (Å²) >= 11 is 0. The van der Waals surface area contributed by atoms with Crippen LogP contribution >= 0.6 is 0 Å². The predicted molar refractivity (Wildman–Crippen MR) is 71.4 cm³/mol. The summed E-state index contributed by atoms with van der Waals surface area (Å²) in [6.07, 6.45) is -16.9. The Morgan fingerprint density at radius 3 is 2.08 bits per heavy atom. The molecular formula is C12H22O12. The minimum absolute atomic E-state index is 0.766. The molecular weight excluding hydrogens is 336 g/mol. The molecule has 2 unspecified atom stereocenters. The van der Waals surface area contributed by atoms with Crippen LogP contribution < -0.4 is 0 Å². The van der Waals surface area contributed by atoms with Gasteiger partial charge in [-0.1, -0.05) is 0 Å². The van der Waals surface area contributed by atoms with Gasteiger partial charge in [0.2, 0.25) is 0 Å². The Morgan fingerprint density at radius 1 is 1.04 bits per heavy atom. The van der Waals surface area contributed by atoms with Gasteiger partial charge in [-0.05, 0) is 0 Å². The molecule has 1 aliphatic heterocycles. The number of ether oxygens (including phenoxy) is 2. The molecule has 1 heterocycles. The molecule has 12 nitrogen and oxygen atoms in total. The van der Waals surface area contributed by atoms with Crippen LogP contribution in [-0.4, -0.2) is 120 Å². The maximum atomic E-state index is 10.7. The topological polar surface area (TPSA) is 218 Å². The molecule has 0 aliphatic carbocycles. The average Bonchev–Trinajstić information content (AvgIpc) is 2.57. The molecule has 9 atom stereocenters. The largest absolute Gasteiger partial charge is 0.479 e.